The predicted octanol–water partition coefficient (Wildman–Crippen LogP) is 5.57. The average Bonchev–Trinajstić information content (AvgIpc) is 2.49. The summed E-state index contributed by atoms with van der Waals surface area (Å²) in [6, 6.07) is 11.3. The van der Waals surface area contributed by atoms with Crippen LogP contribution >= 0.6 is 0 Å². The molecule has 0 aliphatic carbocycles. The predicted molar refractivity (Wildman–Crippen MR) is 89.9 cm³/mol. The van der Waals surface area contributed by atoms with Gasteiger partial charge in [0.05, 0.1) is 0 Å². The van der Waals surface area contributed by atoms with E-state index in [0.29, 0.717) is 23.8 Å². The molecule has 2 aromatic carbocycles. The van der Waals surface area contributed by atoms with Crippen molar-refractivity contribution in [2.75, 3.05) is 0 Å². The van der Waals surface area contributed by atoms with Crippen LogP contribution in [-0.4, -0.2) is 0 Å². The van der Waals surface area contributed by atoms with E-state index < -0.39 is 0 Å². The summed E-state index contributed by atoms with van der Waals surface area (Å²) < 4.78 is 19.2. The molecule has 0 radical (unpaired) electrons. The van der Waals surface area contributed by atoms with Crippen molar-refractivity contribution in [3.05, 3.63) is 77.1 Å². The number of benzene rings is 2. The van der Waals surface area contributed by atoms with Gasteiger partial charge < -0.3 is 4.74 Å². The van der Waals surface area contributed by atoms with Gasteiger partial charge in [0, 0.05) is 6.07 Å². The Hall–Kier alpha value is -2.09. The fourth-order valence-electron chi connectivity index (χ4n) is 2.47. The molecular formula is C20H23FO. The highest BCUT2D eigenvalue weighted by molar-refractivity contribution is 5.36. The Kier molecular flexibility index (Phi) is 5.37. The number of allylic oxidation sites excluding steroid dienone is 1. The van der Waals surface area contributed by atoms with E-state index in [2.05, 4.69) is 38.6 Å². The highest BCUT2D eigenvalue weighted by atomic mass is 19.1. The van der Waals surface area contributed by atoms with Crippen LogP contribution < -0.4 is 4.74 Å². The molecule has 0 aliphatic heterocycles. The second-order valence-electron chi connectivity index (χ2n) is 5.88. The molecule has 0 spiro atoms. The summed E-state index contributed by atoms with van der Waals surface area (Å²) in [4.78, 5) is 0. The van der Waals surface area contributed by atoms with Crippen molar-refractivity contribution in [1.29, 1.82) is 0 Å². The van der Waals surface area contributed by atoms with Crippen molar-refractivity contribution >= 4 is 0 Å². The first kappa shape index (κ1) is 16.3. The van der Waals surface area contributed by atoms with Crippen molar-refractivity contribution in [2.24, 2.45) is 0 Å². The molecule has 0 fully saturated rings. The minimum Gasteiger partial charge on any atom is -0.489 e. The number of hydrogen-bond donors (Lipinski definition) is 0. The lowest BCUT2D eigenvalue weighted by Gasteiger charge is -2.14. The maximum atomic E-state index is 13.5. The van der Waals surface area contributed by atoms with E-state index in [1.807, 2.05) is 6.08 Å². The largest absolute Gasteiger partial charge is 0.489 e. The SMILES string of the molecule is C=CCc1cc(COc2ccc(C)c(F)c2)ccc1C(C)C. The van der Waals surface area contributed by atoms with Crippen LogP contribution in [0.2, 0.25) is 0 Å². The number of aryl methyl sites for hydroxylation is 1. The van der Waals surface area contributed by atoms with Gasteiger partial charge in [-0.05, 0) is 47.6 Å². The molecule has 0 N–H and O–H groups in total. The van der Waals surface area contributed by atoms with Crippen molar-refractivity contribution in [3.63, 3.8) is 0 Å². The maximum absolute atomic E-state index is 13.5. The quantitative estimate of drug-likeness (QED) is 0.634. The number of rotatable bonds is 6. The van der Waals surface area contributed by atoms with Gasteiger partial charge in [-0.2, -0.15) is 0 Å². The second-order valence-corrected chi connectivity index (χ2v) is 5.88. The fourth-order valence-corrected chi connectivity index (χ4v) is 2.47. The molecule has 1 nitrogen and oxygen atoms in total. The van der Waals surface area contributed by atoms with E-state index in [0.717, 1.165) is 12.0 Å². The molecule has 0 aromatic heterocycles. The normalized spacial score (nSPS) is 10.8. The molecule has 0 atom stereocenters. The van der Waals surface area contributed by atoms with Gasteiger partial charge in [-0.3, -0.25) is 0 Å². The summed E-state index contributed by atoms with van der Waals surface area (Å²) in [5.74, 6) is 0.803. The molecule has 0 bridgehead atoms. The van der Waals surface area contributed by atoms with E-state index in [-0.39, 0.29) is 5.82 Å². The minimum absolute atomic E-state index is 0.236. The standard InChI is InChI=1S/C20H23FO/c1-5-6-17-11-16(8-10-19(17)14(2)3)13-22-18-9-7-15(4)20(21)12-18/h5,7-12,14H,1,6,13H2,2-4H3. The van der Waals surface area contributed by atoms with Crippen molar-refractivity contribution < 1.29 is 9.13 Å². The van der Waals surface area contributed by atoms with E-state index in [1.165, 1.54) is 17.2 Å². The van der Waals surface area contributed by atoms with Crippen LogP contribution in [0.5, 0.6) is 5.75 Å². The zero-order chi connectivity index (χ0) is 16.1. The third-order valence-corrected chi connectivity index (χ3v) is 3.74. The molecule has 2 rings (SSSR count). The molecule has 2 aromatic rings. The Morgan fingerprint density at radius 1 is 1.18 bits per heavy atom. The van der Waals surface area contributed by atoms with Crippen molar-refractivity contribution in [2.45, 2.75) is 39.7 Å². The number of hydrogen-bond acceptors (Lipinski definition) is 1. The van der Waals surface area contributed by atoms with Crippen LogP contribution in [0.4, 0.5) is 4.39 Å². The Morgan fingerprint density at radius 3 is 2.59 bits per heavy atom. The second kappa shape index (κ2) is 7.26. The molecular weight excluding hydrogens is 275 g/mol. The molecule has 0 amide bonds. The monoisotopic (exact) mass is 298 g/mol. The van der Waals surface area contributed by atoms with Gasteiger partial charge in [0.1, 0.15) is 18.2 Å². The smallest absolute Gasteiger partial charge is 0.129 e. The Bertz CT molecular complexity index is 659. The highest BCUT2D eigenvalue weighted by Crippen LogP contribution is 2.23. The summed E-state index contributed by atoms with van der Waals surface area (Å²) in [5, 5.41) is 0. The third-order valence-electron chi connectivity index (χ3n) is 3.74. The van der Waals surface area contributed by atoms with Gasteiger partial charge in [0.15, 0.2) is 0 Å². The van der Waals surface area contributed by atoms with Gasteiger partial charge in [-0.1, -0.05) is 44.2 Å². The number of halogens is 1. The van der Waals surface area contributed by atoms with Gasteiger partial charge in [0.2, 0.25) is 0 Å². The maximum Gasteiger partial charge on any atom is 0.129 e. The summed E-state index contributed by atoms with van der Waals surface area (Å²) >= 11 is 0. The van der Waals surface area contributed by atoms with Gasteiger partial charge in [-0.15, -0.1) is 6.58 Å². The van der Waals surface area contributed by atoms with Crippen LogP contribution in [0.3, 0.4) is 0 Å². The van der Waals surface area contributed by atoms with E-state index in [4.69, 9.17) is 4.74 Å². The molecule has 116 valence electrons. The lowest BCUT2D eigenvalue weighted by molar-refractivity contribution is 0.304. The zero-order valence-corrected chi connectivity index (χ0v) is 13.5. The lowest BCUT2D eigenvalue weighted by Crippen LogP contribution is -2.01. The van der Waals surface area contributed by atoms with E-state index >= 15 is 0 Å². The van der Waals surface area contributed by atoms with Gasteiger partial charge in [0.25, 0.3) is 0 Å². The van der Waals surface area contributed by atoms with Crippen LogP contribution in [-0.2, 0) is 13.0 Å². The van der Waals surface area contributed by atoms with Gasteiger partial charge >= 0.3 is 0 Å². The third kappa shape index (κ3) is 3.97. The molecule has 0 aliphatic rings. The molecule has 2 heteroatoms. The molecule has 0 saturated carbocycles. The number of ether oxygens (including phenoxy) is 1. The van der Waals surface area contributed by atoms with Gasteiger partial charge in [-0.25, -0.2) is 4.39 Å². The van der Waals surface area contributed by atoms with Crippen LogP contribution in [0.15, 0.2) is 49.1 Å². The summed E-state index contributed by atoms with van der Waals surface area (Å²) in [5.41, 5.74) is 4.33. The molecule has 0 unspecified atom stereocenters. The van der Waals surface area contributed by atoms with E-state index in [1.54, 1.807) is 19.1 Å². The van der Waals surface area contributed by atoms with Crippen LogP contribution in [0.25, 0.3) is 0 Å². The molecule has 0 saturated heterocycles. The molecule has 22 heavy (non-hydrogen) atoms. The Morgan fingerprint density at radius 2 is 1.95 bits per heavy atom. The Labute approximate surface area is 132 Å². The summed E-state index contributed by atoms with van der Waals surface area (Å²) in [6.07, 6.45) is 2.77. The average molecular weight is 298 g/mol. The van der Waals surface area contributed by atoms with Crippen molar-refractivity contribution in [1.82, 2.24) is 0 Å². The fraction of sp³-hybridized carbons (Fsp3) is 0.300. The Balaban J connectivity index is 2.13. The first-order chi connectivity index (χ1) is 10.5. The van der Waals surface area contributed by atoms with E-state index in [9.17, 15) is 4.39 Å². The minimum atomic E-state index is -0.236. The molecule has 0 heterocycles. The van der Waals surface area contributed by atoms with Crippen LogP contribution in [0, 0.1) is 12.7 Å². The highest BCUT2D eigenvalue weighted by Gasteiger charge is 2.07. The summed E-state index contributed by atoms with van der Waals surface area (Å²) in [6.45, 7) is 10.4. The first-order valence-corrected chi connectivity index (χ1v) is 7.62. The lowest BCUT2D eigenvalue weighted by atomic mass is 9.93. The summed E-state index contributed by atoms with van der Waals surface area (Å²) in [7, 11) is 0. The topological polar surface area (TPSA) is 9.23 Å². The first-order valence-electron chi connectivity index (χ1n) is 7.62. The zero-order valence-electron chi connectivity index (χ0n) is 13.5. The van der Waals surface area contributed by atoms with Crippen molar-refractivity contribution in [3.8, 4) is 5.75 Å². The van der Waals surface area contributed by atoms with Crippen LogP contribution in [0.1, 0.15) is 42.0 Å².